The summed E-state index contributed by atoms with van der Waals surface area (Å²) in [6.45, 7) is 0. The molecule has 0 saturated heterocycles. The zero-order chi connectivity index (χ0) is 22.6. The molecule has 2 atom stereocenters. The second-order valence-corrected chi connectivity index (χ2v) is 10.6. The fourth-order valence-electron chi connectivity index (χ4n) is 5.79. The van der Waals surface area contributed by atoms with Gasteiger partial charge in [0.05, 0.1) is 5.41 Å². The zero-order valence-electron chi connectivity index (χ0n) is 17.8. The molecule has 1 fully saturated rings. The minimum atomic E-state index is -0.588. The van der Waals surface area contributed by atoms with Crippen molar-refractivity contribution in [3.8, 4) is 0 Å². The van der Waals surface area contributed by atoms with Crippen LogP contribution in [0.5, 0.6) is 0 Å². The third kappa shape index (κ3) is 2.92. The number of rotatable bonds is 4. The molecular formula is C30H20Br2O. The highest BCUT2D eigenvalue weighted by molar-refractivity contribution is 9.10. The average Bonchev–Trinajstić information content (AvgIpc) is 3.51. The topological polar surface area (TPSA) is 17.1 Å². The van der Waals surface area contributed by atoms with Gasteiger partial charge in [-0.05, 0) is 58.5 Å². The summed E-state index contributed by atoms with van der Waals surface area (Å²) in [4.78, 5) is 14.5. The Hall–Kier alpha value is -2.75. The molecule has 6 rings (SSSR count). The molecule has 0 bridgehead atoms. The van der Waals surface area contributed by atoms with Crippen LogP contribution in [0.3, 0.4) is 0 Å². The van der Waals surface area contributed by atoms with E-state index in [9.17, 15) is 4.79 Å². The van der Waals surface area contributed by atoms with Crippen molar-refractivity contribution in [2.24, 2.45) is 0 Å². The van der Waals surface area contributed by atoms with E-state index >= 15 is 0 Å². The van der Waals surface area contributed by atoms with Crippen LogP contribution in [0.1, 0.15) is 28.7 Å². The van der Waals surface area contributed by atoms with E-state index in [1.807, 2.05) is 36.4 Å². The molecule has 3 heteroatoms. The quantitative estimate of drug-likeness (QED) is 0.249. The Kier molecular flexibility index (Phi) is 4.83. The molecule has 0 N–H and O–H groups in total. The van der Waals surface area contributed by atoms with Crippen LogP contribution in [0, 0.1) is 0 Å². The third-order valence-corrected chi connectivity index (χ3v) is 8.28. The molecule has 2 aliphatic rings. The molecule has 0 heterocycles. The number of halogens is 2. The van der Waals surface area contributed by atoms with Crippen molar-refractivity contribution in [1.29, 1.82) is 0 Å². The smallest absolute Gasteiger partial charge is 0.175 e. The van der Waals surface area contributed by atoms with E-state index in [0.717, 1.165) is 43.2 Å². The number of carbonyl (C=O) groups is 1. The van der Waals surface area contributed by atoms with Gasteiger partial charge in [0.2, 0.25) is 0 Å². The number of ketones is 1. The molecule has 33 heavy (non-hydrogen) atoms. The predicted octanol–water partition coefficient (Wildman–Crippen LogP) is 7.98. The Labute approximate surface area is 210 Å². The largest absolute Gasteiger partial charge is 0.293 e. The van der Waals surface area contributed by atoms with Crippen molar-refractivity contribution in [2.45, 2.75) is 17.3 Å². The van der Waals surface area contributed by atoms with Gasteiger partial charge in [0.25, 0.3) is 0 Å². The van der Waals surface area contributed by atoms with Crippen LogP contribution < -0.4 is 0 Å². The predicted molar refractivity (Wildman–Crippen MR) is 141 cm³/mol. The Morgan fingerprint density at radius 2 is 1.06 bits per heavy atom. The summed E-state index contributed by atoms with van der Waals surface area (Å²) in [5.41, 5.74) is 5.36. The van der Waals surface area contributed by atoms with Gasteiger partial charge in [-0.3, -0.25) is 4.79 Å². The van der Waals surface area contributed by atoms with Crippen molar-refractivity contribution in [1.82, 2.24) is 0 Å². The number of hydrogen-bond donors (Lipinski definition) is 0. The van der Waals surface area contributed by atoms with Crippen LogP contribution in [-0.4, -0.2) is 5.78 Å². The molecule has 0 radical (unpaired) electrons. The number of allylic oxidation sites excluding steroid dienone is 2. The first-order valence-electron chi connectivity index (χ1n) is 11.0. The SMILES string of the molecule is O=C1C(c2ccccc2)=C(c2ccc(Br)cc2)[C@]2(c3ccc(Br)cc3)C[C@]12c1ccccc1. The lowest BCUT2D eigenvalue weighted by molar-refractivity contribution is -0.115. The lowest BCUT2D eigenvalue weighted by Crippen LogP contribution is -2.25. The Bertz CT molecular complexity index is 1390. The van der Waals surface area contributed by atoms with Crippen LogP contribution in [0.15, 0.2) is 118 Å². The van der Waals surface area contributed by atoms with Gasteiger partial charge in [-0.15, -0.1) is 0 Å². The van der Waals surface area contributed by atoms with Crippen LogP contribution in [0.4, 0.5) is 0 Å². The monoisotopic (exact) mass is 554 g/mol. The van der Waals surface area contributed by atoms with Gasteiger partial charge in [0.1, 0.15) is 0 Å². The van der Waals surface area contributed by atoms with Crippen LogP contribution in [-0.2, 0) is 15.6 Å². The highest BCUT2D eigenvalue weighted by atomic mass is 79.9. The van der Waals surface area contributed by atoms with Gasteiger partial charge in [-0.25, -0.2) is 0 Å². The molecule has 4 aromatic rings. The highest BCUT2D eigenvalue weighted by Crippen LogP contribution is 2.77. The van der Waals surface area contributed by atoms with Crippen molar-refractivity contribution < 1.29 is 4.79 Å². The van der Waals surface area contributed by atoms with E-state index in [2.05, 4.69) is 105 Å². The van der Waals surface area contributed by atoms with Gasteiger partial charge in [-0.1, -0.05) is 117 Å². The number of hydrogen-bond acceptors (Lipinski definition) is 1. The Morgan fingerprint density at radius 1 is 0.545 bits per heavy atom. The molecule has 0 unspecified atom stereocenters. The summed E-state index contributed by atoms with van der Waals surface area (Å²) in [6, 6.07) is 37.4. The molecule has 0 spiro atoms. The number of Topliss-reactive ketones (excluding diaryl/α,β-unsaturated/α-hetero) is 1. The molecule has 0 aromatic heterocycles. The second kappa shape index (κ2) is 7.65. The summed E-state index contributed by atoms with van der Waals surface area (Å²) < 4.78 is 2.07. The van der Waals surface area contributed by atoms with Crippen LogP contribution in [0.2, 0.25) is 0 Å². The minimum absolute atomic E-state index is 0.223. The summed E-state index contributed by atoms with van der Waals surface area (Å²) in [5.74, 6) is 0.223. The maximum atomic E-state index is 14.5. The fraction of sp³-hybridized carbons (Fsp3) is 0.100. The normalized spacial score (nSPS) is 23.5. The average molecular weight is 556 g/mol. The van der Waals surface area contributed by atoms with Gasteiger partial charge in [0, 0.05) is 19.9 Å². The van der Waals surface area contributed by atoms with E-state index in [1.54, 1.807) is 0 Å². The first-order valence-corrected chi connectivity index (χ1v) is 12.6. The maximum absolute atomic E-state index is 14.5. The van der Waals surface area contributed by atoms with Crippen molar-refractivity contribution in [3.05, 3.63) is 140 Å². The molecule has 1 saturated carbocycles. The minimum Gasteiger partial charge on any atom is -0.293 e. The maximum Gasteiger partial charge on any atom is 0.175 e. The van der Waals surface area contributed by atoms with E-state index < -0.39 is 10.8 Å². The fourth-order valence-corrected chi connectivity index (χ4v) is 6.32. The molecule has 0 aliphatic heterocycles. The van der Waals surface area contributed by atoms with Gasteiger partial charge >= 0.3 is 0 Å². The Morgan fingerprint density at radius 3 is 1.67 bits per heavy atom. The molecule has 1 nitrogen and oxygen atoms in total. The first kappa shape index (κ1) is 20.8. The molecule has 160 valence electrons. The number of fused-ring (bicyclic) bond motifs is 1. The summed E-state index contributed by atoms with van der Waals surface area (Å²) in [7, 11) is 0. The first-order chi connectivity index (χ1) is 16.1. The van der Waals surface area contributed by atoms with Gasteiger partial charge < -0.3 is 0 Å². The summed E-state index contributed by atoms with van der Waals surface area (Å²) in [6.07, 6.45) is 0.784. The van der Waals surface area contributed by atoms with E-state index in [0.29, 0.717) is 0 Å². The van der Waals surface area contributed by atoms with Crippen molar-refractivity contribution in [3.63, 3.8) is 0 Å². The molecule has 0 amide bonds. The highest BCUT2D eigenvalue weighted by Gasteiger charge is 2.79. The van der Waals surface area contributed by atoms with Gasteiger partial charge in [0.15, 0.2) is 5.78 Å². The lowest BCUT2D eigenvalue weighted by atomic mass is 9.78. The van der Waals surface area contributed by atoms with E-state index in [4.69, 9.17) is 0 Å². The van der Waals surface area contributed by atoms with Crippen molar-refractivity contribution >= 4 is 48.8 Å². The standard InChI is InChI=1S/C30H20Br2O/c31-24-15-11-21(12-16-24)27-26(20-7-3-1-4-8-20)28(33)30(22-9-5-2-6-10-22)19-29(27,30)23-13-17-25(32)18-14-23/h1-18H,19H2/t29-,30+/m1/s1. The molecule has 4 aromatic carbocycles. The number of carbonyl (C=O) groups excluding carboxylic acids is 1. The van der Waals surface area contributed by atoms with Crippen molar-refractivity contribution in [2.75, 3.05) is 0 Å². The summed E-state index contributed by atoms with van der Waals surface area (Å²) in [5, 5.41) is 0. The number of benzene rings is 4. The molecule has 2 aliphatic carbocycles. The third-order valence-electron chi connectivity index (χ3n) is 7.22. The van der Waals surface area contributed by atoms with E-state index in [1.165, 1.54) is 5.56 Å². The Balaban J connectivity index is 1.70. The zero-order valence-corrected chi connectivity index (χ0v) is 20.9. The molecular weight excluding hydrogens is 536 g/mol. The summed E-state index contributed by atoms with van der Waals surface area (Å²) >= 11 is 7.16. The lowest BCUT2D eigenvalue weighted by Gasteiger charge is -2.23. The van der Waals surface area contributed by atoms with Crippen LogP contribution in [0.25, 0.3) is 11.1 Å². The van der Waals surface area contributed by atoms with E-state index in [-0.39, 0.29) is 5.78 Å². The second-order valence-electron chi connectivity index (χ2n) is 8.81. The van der Waals surface area contributed by atoms with Crippen LogP contribution >= 0.6 is 31.9 Å². The van der Waals surface area contributed by atoms with Gasteiger partial charge in [-0.2, -0.15) is 0 Å².